The van der Waals surface area contributed by atoms with E-state index >= 15 is 0 Å². The zero-order valence-electron chi connectivity index (χ0n) is 14.1. The van der Waals surface area contributed by atoms with Gasteiger partial charge in [-0.1, -0.05) is 17.3 Å². The lowest BCUT2D eigenvalue weighted by molar-refractivity contribution is -0.137. The van der Waals surface area contributed by atoms with Crippen LogP contribution in [0, 0.1) is 13.8 Å². The van der Waals surface area contributed by atoms with Crippen LogP contribution in [0.25, 0.3) is 11.1 Å². The minimum Gasteiger partial charge on any atom is -0.376 e. The molecule has 0 fully saturated rings. The molecule has 26 heavy (non-hydrogen) atoms. The van der Waals surface area contributed by atoms with Gasteiger partial charge in [-0.05, 0) is 37.6 Å². The predicted molar refractivity (Wildman–Crippen MR) is 90.8 cm³/mol. The van der Waals surface area contributed by atoms with Gasteiger partial charge in [0.15, 0.2) is 0 Å². The summed E-state index contributed by atoms with van der Waals surface area (Å²) in [5.41, 5.74) is 2.12. The first-order valence-corrected chi connectivity index (χ1v) is 7.81. The molecule has 0 aliphatic heterocycles. The Bertz CT molecular complexity index is 953. The smallest absolute Gasteiger partial charge is 0.376 e. The molecule has 0 amide bonds. The summed E-state index contributed by atoms with van der Waals surface area (Å²) in [6.45, 7) is 3.79. The third-order valence-electron chi connectivity index (χ3n) is 3.99. The summed E-state index contributed by atoms with van der Waals surface area (Å²) in [5, 5.41) is 6.84. The number of anilines is 1. The summed E-state index contributed by atoms with van der Waals surface area (Å²) in [6.07, 6.45) is -2.80. The maximum absolute atomic E-state index is 12.6. The number of aromatic nitrogens is 2. The quantitative estimate of drug-likeness (QED) is 0.726. The van der Waals surface area contributed by atoms with Crippen molar-refractivity contribution in [1.29, 1.82) is 0 Å². The Morgan fingerprint density at radius 3 is 2.46 bits per heavy atom. The van der Waals surface area contributed by atoms with Crippen molar-refractivity contribution in [2.24, 2.45) is 0 Å². The molecule has 0 saturated heterocycles. The van der Waals surface area contributed by atoms with E-state index in [-0.39, 0.29) is 12.1 Å². The third kappa shape index (κ3) is 3.63. The zero-order chi connectivity index (χ0) is 18.9. The Balaban J connectivity index is 1.80. The SMILES string of the molecule is Cc1noc(C)c1-c1c[nH]c(=O)c(NCc2ccc(C(F)(F)F)cc2)c1. The molecular formula is C18H16F3N3O2. The number of aryl methyl sites for hydroxylation is 2. The topological polar surface area (TPSA) is 70.9 Å². The number of halogens is 3. The number of pyridine rings is 1. The van der Waals surface area contributed by atoms with Crippen molar-refractivity contribution in [3.63, 3.8) is 0 Å². The number of nitrogens with one attached hydrogen (secondary N) is 2. The molecule has 2 heterocycles. The fraction of sp³-hybridized carbons (Fsp3) is 0.222. The maximum Gasteiger partial charge on any atom is 0.416 e. The fourth-order valence-corrected chi connectivity index (χ4v) is 2.66. The highest BCUT2D eigenvalue weighted by Gasteiger charge is 2.29. The Morgan fingerprint density at radius 1 is 1.19 bits per heavy atom. The number of hydrogen-bond donors (Lipinski definition) is 2. The van der Waals surface area contributed by atoms with Crippen LogP contribution in [0.2, 0.25) is 0 Å². The van der Waals surface area contributed by atoms with E-state index in [1.807, 2.05) is 0 Å². The number of nitrogens with zero attached hydrogens (tertiary/aromatic N) is 1. The lowest BCUT2D eigenvalue weighted by Crippen LogP contribution is -2.14. The van der Waals surface area contributed by atoms with Gasteiger partial charge in [0.2, 0.25) is 0 Å². The van der Waals surface area contributed by atoms with Crippen LogP contribution in [0.15, 0.2) is 45.8 Å². The van der Waals surface area contributed by atoms with Gasteiger partial charge < -0.3 is 14.8 Å². The number of rotatable bonds is 4. The van der Waals surface area contributed by atoms with Gasteiger partial charge in [0.05, 0.1) is 11.3 Å². The number of aromatic amines is 1. The molecular weight excluding hydrogens is 347 g/mol. The molecule has 0 bridgehead atoms. The van der Waals surface area contributed by atoms with Crippen LogP contribution >= 0.6 is 0 Å². The number of hydrogen-bond acceptors (Lipinski definition) is 4. The molecule has 0 spiro atoms. The number of H-pyrrole nitrogens is 1. The number of benzene rings is 1. The normalized spacial score (nSPS) is 11.6. The predicted octanol–water partition coefficient (Wildman–Crippen LogP) is 4.28. The van der Waals surface area contributed by atoms with Gasteiger partial charge in [0.1, 0.15) is 11.4 Å². The molecule has 136 valence electrons. The summed E-state index contributed by atoms with van der Waals surface area (Å²) in [4.78, 5) is 14.7. The van der Waals surface area contributed by atoms with Gasteiger partial charge in [-0.15, -0.1) is 0 Å². The second-order valence-electron chi connectivity index (χ2n) is 5.88. The summed E-state index contributed by atoms with van der Waals surface area (Å²) in [5.74, 6) is 0.628. The average Bonchev–Trinajstić information content (AvgIpc) is 2.93. The van der Waals surface area contributed by atoms with Gasteiger partial charge in [-0.25, -0.2) is 0 Å². The van der Waals surface area contributed by atoms with Crippen molar-refractivity contribution in [3.05, 3.63) is 69.5 Å². The standard InChI is InChI=1S/C18H16F3N3O2/c1-10-16(11(2)26-24-10)13-7-15(17(25)23-9-13)22-8-12-3-5-14(6-4-12)18(19,20)21/h3-7,9,22H,8H2,1-2H3,(H,23,25). The van der Waals surface area contributed by atoms with Crippen LogP contribution in [0.5, 0.6) is 0 Å². The van der Waals surface area contributed by atoms with Crippen molar-refractivity contribution >= 4 is 5.69 Å². The lowest BCUT2D eigenvalue weighted by atomic mass is 10.1. The Kier molecular flexibility index (Phi) is 4.58. The summed E-state index contributed by atoms with van der Waals surface area (Å²) >= 11 is 0. The van der Waals surface area contributed by atoms with Gasteiger partial charge >= 0.3 is 6.18 Å². The first-order valence-electron chi connectivity index (χ1n) is 7.81. The largest absolute Gasteiger partial charge is 0.416 e. The van der Waals surface area contributed by atoms with E-state index in [1.54, 1.807) is 26.1 Å². The lowest BCUT2D eigenvalue weighted by Gasteiger charge is -2.10. The molecule has 5 nitrogen and oxygen atoms in total. The third-order valence-corrected chi connectivity index (χ3v) is 3.99. The maximum atomic E-state index is 12.6. The van der Waals surface area contributed by atoms with Crippen LogP contribution in [0.3, 0.4) is 0 Å². The molecule has 0 radical (unpaired) electrons. The van der Waals surface area contributed by atoms with Crippen LogP contribution < -0.4 is 10.9 Å². The molecule has 0 aliphatic carbocycles. The molecule has 8 heteroatoms. The molecule has 2 N–H and O–H groups in total. The van der Waals surface area contributed by atoms with Crippen molar-refractivity contribution in [3.8, 4) is 11.1 Å². The van der Waals surface area contributed by atoms with Crippen LogP contribution in [0.4, 0.5) is 18.9 Å². The van der Waals surface area contributed by atoms with Crippen LogP contribution in [-0.4, -0.2) is 10.1 Å². The summed E-state index contributed by atoms with van der Waals surface area (Å²) in [7, 11) is 0. The highest BCUT2D eigenvalue weighted by atomic mass is 19.4. The summed E-state index contributed by atoms with van der Waals surface area (Å²) in [6, 6.07) is 6.45. The van der Waals surface area contributed by atoms with Crippen molar-refractivity contribution in [2.75, 3.05) is 5.32 Å². The first-order chi connectivity index (χ1) is 12.3. The zero-order valence-corrected chi connectivity index (χ0v) is 14.1. The van der Waals surface area contributed by atoms with E-state index in [0.29, 0.717) is 22.7 Å². The highest BCUT2D eigenvalue weighted by molar-refractivity contribution is 5.70. The fourth-order valence-electron chi connectivity index (χ4n) is 2.66. The van der Waals surface area contributed by atoms with Crippen molar-refractivity contribution in [2.45, 2.75) is 26.6 Å². The van der Waals surface area contributed by atoms with Crippen LogP contribution in [-0.2, 0) is 12.7 Å². The average molecular weight is 363 g/mol. The van der Waals surface area contributed by atoms with Gasteiger partial charge in [-0.2, -0.15) is 13.2 Å². The van der Waals surface area contributed by atoms with Crippen molar-refractivity contribution in [1.82, 2.24) is 10.1 Å². The molecule has 3 rings (SSSR count). The second kappa shape index (κ2) is 6.70. The Morgan fingerprint density at radius 2 is 1.88 bits per heavy atom. The van der Waals surface area contributed by atoms with E-state index in [1.165, 1.54) is 12.1 Å². The van der Waals surface area contributed by atoms with E-state index in [0.717, 1.165) is 23.3 Å². The first kappa shape index (κ1) is 17.8. The minimum absolute atomic E-state index is 0.215. The molecule has 0 saturated carbocycles. The van der Waals surface area contributed by atoms with Gasteiger partial charge in [-0.3, -0.25) is 4.79 Å². The van der Waals surface area contributed by atoms with E-state index in [2.05, 4.69) is 15.5 Å². The minimum atomic E-state index is -4.37. The van der Waals surface area contributed by atoms with E-state index < -0.39 is 11.7 Å². The molecule has 0 aliphatic rings. The second-order valence-corrected chi connectivity index (χ2v) is 5.88. The molecule has 3 aromatic rings. The van der Waals surface area contributed by atoms with E-state index in [9.17, 15) is 18.0 Å². The summed E-state index contributed by atoms with van der Waals surface area (Å²) < 4.78 is 42.9. The van der Waals surface area contributed by atoms with Crippen LogP contribution in [0.1, 0.15) is 22.6 Å². The van der Waals surface area contributed by atoms with E-state index in [4.69, 9.17) is 4.52 Å². The molecule has 0 unspecified atom stereocenters. The monoisotopic (exact) mass is 363 g/mol. The van der Waals surface area contributed by atoms with Gasteiger partial charge in [0, 0.05) is 23.9 Å². The molecule has 2 aromatic heterocycles. The molecule has 0 atom stereocenters. The Labute approximate surface area is 146 Å². The van der Waals surface area contributed by atoms with Gasteiger partial charge in [0.25, 0.3) is 5.56 Å². The Hall–Kier alpha value is -3.03. The number of alkyl halides is 3. The molecule has 1 aromatic carbocycles. The van der Waals surface area contributed by atoms with Crippen molar-refractivity contribution < 1.29 is 17.7 Å². The highest BCUT2D eigenvalue weighted by Crippen LogP contribution is 2.29.